The molecule has 0 aliphatic carbocycles. The van der Waals surface area contributed by atoms with Gasteiger partial charge in [-0.1, -0.05) is 48.5 Å². The number of hydrogen-bond donors (Lipinski definition) is 2. The maximum absolute atomic E-state index is 9.41. The van der Waals surface area contributed by atoms with Gasteiger partial charge >= 0.3 is 0 Å². The molecule has 23 heavy (non-hydrogen) atoms. The van der Waals surface area contributed by atoms with Crippen molar-refractivity contribution in [2.24, 2.45) is 28.4 Å². The largest absolute Gasteiger partial charge is 0.396 e. The average Bonchev–Trinajstić information content (AvgIpc) is 2.42. The molecular formula is C19H41NO3. The van der Waals surface area contributed by atoms with Crippen LogP contribution in [0.25, 0.3) is 0 Å². The summed E-state index contributed by atoms with van der Waals surface area (Å²) in [6.07, 6.45) is 0. The van der Waals surface area contributed by atoms with Gasteiger partial charge in [-0.25, -0.2) is 0 Å². The molecular weight excluding hydrogens is 290 g/mol. The van der Waals surface area contributed by atoms with Crippen molar-refractivity contribution >= 4 is 0 Å². The molecule has 140 valence electrons. The van der Waals surface area contributed by atoms with E-state index in [0.717, 1.165) is 0 Å². The second kappa shape index (κ2) is 7.81. The molecule has 0 radical (unpaired) electrons. The molecule has 2 atom stereocenters. The molecule has 0 fully saturated rings. The summed E-state index contributed by atoms with van der Waals surface area (Å²) in [5.74, 6) is 0.531. The molecule has 0 rings (SSSR count). The molecule has 0 heterocycles. The average molecular weight is 332 g/mol. The van der Waals surface area contributed by atoms with E-state index in [1.165, 1.54) is 0 Å². The Labute approximate surface area is 144 Å². The van der Waals surface area contributed by atoms with Gasteiger partial charge in [0.05, 0.1) is 25.4 Å². The smallest absolute Gasteiger partial charge is 0.116 e. The Morgan fingerprint density at radius 2 is 1.39 bits per heavy atom. The van der Waals surface area contributed by atoms with Crippen LogP contribution in [0.4, 0.5) is 0 Å². The Balaban J connectivity index is 4.86. The molecule has 0 saturated carbocycles. The van der Waals surface area contributed by atoms with Crippen LogP contribution in [0.1, 0.15) is 69.2 Å². The van der Waals surface area contributed by atoms with Crippen molar-refractivity contribution in [1.29, 1.82) is 0 Å². The highest BCUT2D eigenvalue weighted by Crippen LogP contribution is 2.42. The topological polar surface area (TPSA) is 64.7 Å². The van der Waals surface area contributed by atoms with Crippen LogP contribution >= 0.6 is 0 Å². The third-order valence-corrected chi connectivity index (χ3v) is 5.83. The summed E-state index contributed by atoms with van der Waals surface area (Å²) in [4.78, 5) is 0. The van der Waals surface area contributed by atoms with E-state index in [1.807, 2.05) is 20.8 Å². The van der Waals surface area contributed by atoms with E-state index >= 15 is 0 Å². The summed E-state index contributed by atoms with van der Waals surface area (Å²) >= 11 is 0. The van der Waals surface area contributed by atoms with E-state index in [4.69, 9.17) is 15.2 Å². The molecule has 0 aromatic heterocycles. The minimum Gasteiger partial charge on any atom is -0.396 e. The minimum absolute atomic E-state index is 0.106. The van der Waals surface area contributed by atoms with Crippen molar-refractivity contribution in [3.63, 3.8) is 0 Å². The number of ether oxygens (including phenoxy) is 2. The molecule has 0 aromatic rings. The molecule has 0 bridgehead atoms. The summed E-state index contributed by atoms with van der Waals surface area (Å²) in [5, 5.41) is 9.41. The van der Waals surface area contributed by atoms with Crippen LogP contribution in [0, 0.1) is 22.7 Å². The zero-order chi connectivity index (χ0) is 18.7. The van der Waals surface area contributed by atoms with Gasteiger partial charge in [-0.05, 0) is 38.0 Å². The number of rotatable bonds is 10. The monoisotopic (exact) mass is 331 g/mol. The Morgan fingerprint density at radius 1 is 0.913 bits per heavy atom. The van der Waals surface area contributed by atoms with E-state index in [9.17, 15) is 5.11 Å². The third kappa shape index (κ3) is 6.33. The highest BCUT2D eigenvalue weighted by atomic mass is 16.5. The maximum Gasteiger partial charge on any atom is 0.116 e. The van der Waals surface area contributed by atoms with Gasteiger partial charge in [0.15, 0.2) is 0 Å². The van der Waals surface area contributed by atoms with Crippen LogP contribution < -0.4 is 5.73 Å². The Hall–Kier alpha value is -0.160. The van der Waals surface area contributed by atoms with Crippen molar-refractivity contribution in [3.8, 4) is 0 Å². The van der Waals surface area contributed by atoms with Crippen LogP contribution in [0.15, 0.2) is 0 Å². The van der Waals surface area contributed by atoms with Crippen molar-refractivity contribution in [2.45, 2.75) is 80.6 Å². The first-order chi connectivity index (χ1) is 10.1. The van der Waals surface area contributed by atoms with Crippen molar-refractivity contribution in [1.82, 2.24) is 0 Å². The van der Waals surface area contributed by atoms with E-state index in [2.05, 4.69) is 48.5 Å². The number of hydrogen-bond acceptors (Lipinski definition) is 4. The second-order valence-corrected chi connectivity index (χ2v) is 9.39. The lowest BCUT2D eigenvalue weighted by atomic mass is 9.68. The molecule has 3 N–H and O–H groups in total. The van der Waals surface area contributed by atoms with Crippen molar-refractivity contribution in [3.05, 3.63) is 0 Å². The van der Waals surface area contributed by atoms with Gasteiger partial charge in [0.25, 0.3) is 0 Å². The van der Waals surface area contributed by atoms with Gasteiger partial charge < -0.3 is 20.3 Å². The second-order valence-electron chi connectivity index (χ2n) is 9.39. The summed E-state index contributed by atoms with van der Waals surface area (Å²) in [6, 6.07) is 0. The third-order valence-electron chi connectivity index (χ3n) is 5.83. The fraction of sp³-hybridized carbons (Fsp3) is 1.00. The lowest BCUT2D eigenvalue weighted by Gasteiger charge is -2.47. The van der Waals surface area contributed by atoms with Crippen molar-refractivity contribution in [2.75, 3.05) is 19.8 Å². The molecule has 0 amide bonds. The van der Waals surface area contributed by atoms with Crippen LogP contribution in [0.3, 0.4) is 0 Å². The minimum atomic E-state index is -0.617. The quantitative estimate of drug-likeness (QED) is 0.597. The van der Waals surface area contributed by atoms with E-state index in [0.29, 0.717) is 13.2 Å². The van der Waals surface area contributed by atoms with E-state index in [1.54, 1.807) is 0 Å². The maximum atomic E-state index is 9.41. The van der Waals surface area contributed by atoms with Crippen LogP contribution in [0.5, 0.6) is 0 Å². The molecule has 0 saturated heterocycles. The summed E-state index contributed by atoms with van der Waals surface area (Å²) in [7, 11) is 0. The van der Waals surface area contributed by atoms with Crippen LogP contribution in [-0.2, 0) is 9.47 Å². The zero-order valence-electron chi connectivity index (χ0n) is 17.1. The Kier molecular flexibility index (Phi) is 7.76. The first-order valence-corrected chi connectivity index (χ1v) is 8.77. The molecule has 2 unspecified atom stereocenters. The van der Waals surface area contributed by atoms with E-state index < -0.39 is 5.72 Å². The highest BCUT2D eigenvalue weighted by Gasteiger charge is 2.43. The predicted octanol–water partition coefficient (Wildman–Crippen LogP) is 3.81. The highest BCUT2D eigenvalue weighted by molar-refractivity contribution is 4.92. The van der Waals surface area contributed by atoms with Crippen LogP contribution in [0.2, 0.25) is 0 Å². The molecule has 4 nitrogen and oxygen atoms in total. The van der Waals surface area contributed by atoms with Gasteiger partial charge in [-0.15, -0.1) is 0 Å². The Morgan fingerprint density at radius 3 is 1.78 bits per heavy atom. The van der Waals surface area contributed by atoms with Gasteiger partial charge in [0.1, 0.15) is 5.72 Å². The fourth-order valence-corrected chi connectivity index (χ4v) is 1.88. The summed E-state index contributed by atoms with van der Waals surface area (Å²) in [5.41, 5.74) is 4.91. The first kappa shape index (κ1) is 22.8. The molecule has 0 spiro atoms. The number of aliphatic hydroxyl groups is 1. The molecule has 0 aliphatic rings. The standard InChI is InChI=1S/C19H41NO3/c1-14(2)19(10,20)22-11-15(3)17(6,7)18(8,9)23-13-16(4,5)12-21/h14-15,21H,11-13,20H2,1-10H3. The summed E-state index contributed by atoms with van der Waals surface area (Å²) < 4.78 is 12.2. The molecule has 4 heteroatoms. The first-order valence-electron chi connectivity index (χ1n) is 8.77. The normalized spacial score (nSPS) is 18.1. The lowest BCUT2D eigenvalue weighted by Crippen LogP contribution is -2.51. The van der Waals surface area contributed by atoms with Gasteiger partial charge in [0, 0.05) is 5.41 Å². The summed E-state index contributed by atoms with van der Waals surface area (Å²) in [6.45, 7) is 22.1. The number of nitrogens with two attached hydrogens (primary N) is 1. The van der Waals surface area contributed by atoms with Crippen LogP contribution in [-0.4, -0.2) is 36.3 Å². The van der Waals surface area contributed by atoms with Gasteiger partial charge in [0.2, 0.25) is 0 Å². The molecule has 0 aliphatic heterocycles. The SMILES string of the molecule is CC(C)C(C)(N)OCC(C)C(C)(C)C(C)(C)OCC(C)(C)CO. The Bertz CT molecular complexity index is 360. The fourth-order valence-electron chi connectivity index (χ4n) is 1.88. The lowest BCUT2D eigenvalue weighted by molar-refractivity contribution is -0.162. The van der Waals surface area contributed by atoms with Gasteiger partial charge in [-0.2, -0.15) is 0 Å². The van der Waals surface area contributed by atoms with Crippen molar-refractivity contribution < 1.29 is 14.6 Å². The molecule has 0 aromatic carbocycles. The van der Waals surface area contributed by atoms with E-state index in [-0.39, 0.29) is 34.9 Å². The van der Waals surface area contributed by atoms with Gasteiger partial charge in [-0.3, -0.25) is 0 Å². The zero-order valence-corrected chi connectivity index (χ0v) is 17.1. The predicted molar refractivity (Wildman–Crippen MR) is 97.2 cm³/mol. The number of aliphatic hydroxyl groups excluding tert-OH is 1.